The molecule has 0 radical (unpaired) electrons. The van der Waals surface area contributed by atoms with Crippen molar-refractivity contribution in [2.45, 2.75) is 12.8 Å². The van der Waals surface area contributed by atoms with E-state index in [2.05, 4.69) is 6.07 Å². The number of hydrogen-bond donors (Lipinski definition) is 2. The molecule has 0 aliphatic heterocycles. The van der Waals surface area contributed by atoms with Gasteiger partial charge in [-0.1, -0.05) is 0 Å². The summed E-state index contributed by atoms with van der Waals surface area (Å²) in [6, 6.07) is 2.06. The first kappa shape index (κ1) is 11.4. The molecule has 0 unspecified atom stereocenters. The molecule has 0 atom stereocenters. The van der Waals surface area contributed by atoms with E-state index in [1.807, 2.05) is 4.90 Å². The zero-order valence-electron chi connectivity index (χ0n) is 7.24. The molecule has 0 aliphatic rings. The molecule has 0 aliphatic carbocycles. The van der Waals surface area contributed by atoms with Crippen molar-refractivity contribution in [3.8, 4) is 6.07 Å². The van der Waals surface area contributed by atoms with Gasteiger partial charge in [-0.15, -0.1) is 0 Å². The van der Waals surface area contributed by atoms with Crippen LogP contribution in [0.15, 0.2) is 0 Å². The molecule has 0 aromatic rings. The van der Waals surface area contributed by atoms with Crippen molar-refractivity contribution < 1.29 is 10.2 Å². The van der Waals surface area contributed by atoms with E-state index in [-0.39, 0.29) is 13.2 Å². The maximum Gasteiger partial charge on any atom is 0.0622 e. The zero-order valence-corrected chi connectivity index (χ0v) is 7.24. The lowest BCUT2D eigenvalue weighted by Crippen LogP contribution is -2.30. The molecule has 0 aromatic carbocycles. The van der Waals surface area contributed by atoms with Crippen LogP contribution in [-0.2, 0) is 0 Å². The largest absolute Gasteiger partial charge is 0.395 e. The molecule has 0 rings (SSSR count). The van der Waals surface area contributed by atoms with Crippen LogP contribution in [0.5, 0.6) is 0 Å². The summed E-state index contributed by atoms with van der Waals surface area (Å²) in [5.74, 6) is 0. The maximum absolute atomic E-state index is 8.63. The molecule has 0 bridgehead atoms. The molecule has 70 valence electrons. The monoisotopic (exact) mass is 172 g/mol. The average molecular weight is 172 g/mol. The van der Waals surface area contributed by atoms with Crippen molar-refractivity contribution in [3.05, 3.63) is 0 Å². The summed E-state index contributed by atoms with van der Waals surface area (Å²) in [4.78, 5) is 1.94. The normalized spacial score (nSPS) is 10.2. The zero-order chi connectivity index (χ0) is 9.23. The van der Waals surface area contributed by atoms with E-state index in [0.29, 0.717) is 19.5 Å². The van der Waals surface area contributed by atoms with E-state index in [1.54, 1.807) is 0 Å². The quantitative estimate of drug-likeness (QED) is 0.512. The summed E-state index contributed by atoms with van der Waals surface area (Å²) in [7, 11) is 0. The lowest BCUT2D eigenvalue weighted by Gasteiger charge is -2.18. The summed E-state index contributed by atoms with van der Waals surface area (Å²) >= 11 is 0. The van der Waals surface area contributed by atoms with E-state index >= 15 is 0 Å². The predicted molar refractivity (Wildman–Crippen MR) is 45.5 cm³/mol. The van der Waals surface area contributed by atoms with Gasteiger partial charge < -0.3 is 10.2 Å². The molecule has 2 N–H and O–H groups in total. The van der Waals surface area contributed by atoms with Gasteiger partial charge in [-0.2, -0.15) is 5.26 Å². The molecule has 0 saturated carbocycles. The van der Waals surface area contributed by atoms with Crippen LogP contribution in [0, 0.1) is 11.3 Å². The fourth-order valence-corrected chi connectivity index (χ4v) is 1.000. The van der Waals surface area contributed by atoms with Gasteiger partial charge in [0.05, 0.1) is 19.3 Å². The minimum atomic E-state index is 0.104. The molecule has 0 amide bonds. The number of unbranched alkanes of at least 4 members (excludes halogenated alkanes) is 1. The number of rotatable bonds is 7. The van der Waals surface area contributed by atoms with E-state index in [0.717, 1.165) is 13.0 Å². The molecule has 4 heteroatoms. The lowest BCUT2D eigenvalue weighted by molar-refractivity contribution is 0.160. The van der Waals surface area contributed by atoms with Gasteiger partial charge >= 0.3 is 0 Å². The Morgan fingerprint density at radius 2 is 1.67 bits per heavy atom. The Morgan fingerprint density at radius 3 is 2.08 bits per heavy atom. The van der Waals surface area contributed by atoms with Gasteiger partial charge in [0.25, 0.3) is 0 Å². The average Bonchev–Trinajstić information content (AvgIpc) is 2.06. The molecule has 0 aromatic heterocycles. The Kier molecular flexibility index (Phi) is 8.02. The SMILES string of the molecule is N#CCCCN(CCO)CCO. The standard InChI is InChI=1S/C8H16N2O2/c9-3-1-2-4-10(5-7-11)6-8-12/h11-12H,1-2,4-8H2. The van der Waals surface area contributed by atoms with Crippen molar-refractivity contribution in [2.24, 2.45) is 0 Å². The third-order valence-corrected chi connectivity index (χ3v) is 1.60. The van der Waals surface area contributed by atoms with E-state index < -0.39 is 0 Å². The van der Waals surface area contributed by atoms with Crippen LogP contribution in [-0.4, -0.2) is 48.0 Å². The van der Waals surface area contributed by atoms with Crippen LogP contribution >= 0.6 is 0 Å². The summed E-state index contributed by atoms with van der Waals surface area (Å²) in [5, 5.41) is 25.5. The van der Waals surface area contributed by atoms with Crippen molar-refractivity contribution in [1.82, 2.24) is 4.90 Å². The summed E-state index contributed by atoms with van der Waals surface area (Å²) in [5.41, 5.74) is 0. The molecule has 0 spiro atoms. The van der Waals surface area contributed by atoms with Gasteiger partial charge in [0, 0.05) is 19.5 Å². The van der Waals surface area contributed by atoms with Gasteiger partial charge in [0.1, 0.15) is 0 Å². The smallest absolute Gasteiger partial charge is 0.0622 e. The highest BCUT2D eigenvalue weighted by atomic mass is 16.3. The minimum absolute atomic E-state index is 0.104. The first-order valence-corrected chi connectivity index (χ1v) is 4.16. The highest BCUT2D eigenvalue weighted by molar-refractivity contribution is 4.69. The molecule has 4 nitrogen and oxygen atoms in total. The highest BCUT2D eigenvalue weighted by Gasteiger charge is 2.01. The van der Waals surface area contributed by atoms with Crippen LogP contribution in [0.4, 0.5) is 0 Å². The topological polar surface area (TPSA) is 67.5 Å². The first-order chi connectivity index (χ1) is 5.85. The van der Waals surface area contributed by atoms with Gasteiger partial charge in [-0.3, -0.25) is 4.90 Å². The van der Waals surface area contributed by atoms with Gasteiger partial charge in [-0.25, -0.2) is 0 Å². The van der Waals surface area contributed by atoms with Crippen LogP contribution in [0.25, 0.3) is 0 Å². The summed E-state index contributed by atoms with van der Waals surface area (Å²) in [6.07, 6.45) is 1.34. The van der Waals surface area contributed by atoms with Crippen molar-refractivity contribution >= 4 is 0 Å². The molecular formula is C8H16N2O2. The van der Waals surface area contributed by atoms with Crippen molar-refractivity contribution in [1.29, 1.82) is 5.26 Å². The Morgan fingerprint density at radius 1 is 1.08 bits per heavy atom. The fraction of sp³-hybridized carbons (Fsp3) is 0.875. The van der Waals surface area contributed by atoms with E-state index in [1.165, 1.54) is 0 Å². The van der Waals surface area contributed by atoms with E-state index in [4.69, 9.17) is 15.5 Å². The number of nitrogens with zero attached hydrogens (tertiary/aromatic N) is 2. The second kappa shape index (κ2) is 8.47. The number of aliphatic hydroxyl groups is 2. The van der Waals surface area contributed by atoms with Gasteiger partial charge in [0.2, 0.25) is 0 Å². The lowest BCUT2D eigenvalue weighted by atomic mass is 10.3. The van der Waals surface area contributed by atoms with E-state index in [9.17, 15) is 0 Å². The summed E-state index contributed by atoms with van der Waals surface area (Å²) < 4.78 is 0. The number of nitriles is 1. The van der Waals surface area contributed by atoms with Crippen LogP contribution in [0.2, 0.25) is 0 Å². The Hall–Kier alpha value is -0.630. The third kappa shape index (κ3) is 6.10. The maximum atomic E-state index is 8.63. The minimum Gasteiger partial charge on any atom is -0.395 e. The van der Waals surface area contributed by atoms with Crippen LogP contribution in [0.3, 0.4) is 0 Å². The molecule has 0 fully saturated rings. The molecule has 12 heavy (non-hydrogen) atoms. The second-order valence-electron chi connectivity index (χ2n) is 2.55. The van der Waals surface area contributed by atoms with Gasteiger partial charge in [0.15, 0.2) is 0 Å². The predicted octanol–water partition coefficient (Wildman–Crippen LogP) is -0.423. The Labute approximate surface area is 73.0 Å². The fourth-order valence-electron chi connectivity index (χ4n) is 1.000. The van der Waals surface area contributed by atoms with Crippen LogP contribution in [0.1, 0.15) is 12.8 Å². The first-order valence-electron chi connectivity index (χ1n) is 4.16. The Balaban J connectivity index is 3.42. The van der Waals surface area contributed by atoms with Crippen LogP contribution < -0.4 is 0 Å². The van der Waals surface area contributed by atoms with Gasteiger partial charge in [-0.05, 0) is 13.0 Å². The molecule has 0 heterocycles. The number of hydrogen-bond acceptors (Lipinski definition) is 4. The van der Waals surface area contributed by atoms with Crippen molar-refractivity contribution in [3.63, 3.8) is 0 Å². The third-order valence-electron chi connectivity index (χ3n) is 1.60. The number of aliphatic hydroxyl groups excluding tert-OH is 2. The highest BCUT2D eigenvalue weighted by Crippen LogP contribution is 1.93. The second-order valence-corrected chi connectivity index (χ2v) is 2.55. The molecular weight excluding hydrogens is 156 g/mol. The van der Waals surface area contributed by atoms with Crippen molar-refractivity contribution in [2.75, 3.05) is 32.8 Å². The Bertz CT molecular complexity index is 128. The molecule has 0 saturated heterocycles. The summed E-state index contributed by atoms with van der Waals surface area (Å²) in [6.45, 7) is 2.13.